The molecule has 0 amide bonds. The van der Waals surface area contributed by atoms with Gasteiger partial charge < -0.3 is 15.4 Å². The van der Waals surface area contributed by atoms with Gasteiger partial charge in [-0.25, -0.2) is 0 Å². The molecule has 1 aromatic rings. The van der Waals surface area contributed by atoms with Crippen molar-refractivity contribution < 1.29 is 4.74 Å². The first-order valence-electron chi connectivity index (χ1n) is 6.91. The molecule has 0 saturated heterocycles. The molecule has 1 aliphatic carbocycles. The van der Waals surface area contributed by atoms with Gasteiger partial charge in [0.05, 0.1) is 6.61 Å². The van der Waals surface area contributed by atoms with E-state index in [9.17, 15) is 0 Å². The summed E-state index contributed by atoms with van der Waals surface area (Å²) in [6, 6.07) is 8.87. The van der Waals surface area contributed by atoms with Gasteiger partial charge in [0.1, 0.15) is 5.75 Å². The van der Waals surface area contributed by atoms with Crippen molar-refractivity contribution in [3.8, 4) is 5.75 Å². The molecule has 0 unspecified atom stereocenters. The van der Waals surface area contributed by atoms with Crippen LogP contribution in [0.2, 0.25) is 0 Å². The van der Waals surface area contributed by atoms with E-state index in [1.807, 2.05) is 24.3 Å². The SMILES string of the molecule is CN(CCCOc1cccc(CN)c1)C1CCC1. The van der Waals surface area contributed by atoms with Crippen LogP contribution in [0.1, 0.15) is 31.2 Å². The average Bonchev–Trinajstić information content (AvgIpc) is 2.33. The maximum Gasteiger partial charge on any atom is 0.119 e. The van der Waals surface area contributed by atoms with E-state index >= 15 is 0 Å². The first-order valence-corrected chi connectivity index (χ1v) is 6.91. The van der Waals surface area contributed by atoms with Crippen molar-refractivity contribution in [1.82, 2.24) is 4.90 Å². The molecule has 0 bridgehead atoms. The minimum absolute atomic E-state index is 0.571. The highest BCUT2D eigenvalue weighted by Crippen LogP contribution is 2.23. The fourth-order valence-corrected chi connectivity index (χ4v) is 2.28. The number of ether oxygens (including phenoxy) is 1. The van der Waals surface area contributed by atoms with E-state index in [1.165, 1.54) is 19.3 Å². The summed E-state index contributed by atoms with van der Waals surface area (Å²) in [5.41, 5.74) is 6.73. The lowest BCUT2D eigenvalue weighted by molar-refractivity contribution is 0.149. The van der Waals surface area contributed by atoms with Gasteiger partial charge in [-0.05, 0) is 44.0 Å². The van der Waals surface area contributed by atoms with E-state index in [2.05, 4.69) is 11.9 Å². The molecule has 100 valence electrons. The van der Waals surface area contributed by atoms with Crippen LogP contribution in [0.25, 0.3) is 0 Å². The summed E-state index contributed by atoms with van der Waals surface area (Å²) in [5, 5.41) is 0. The molecule has 0 aliphatic heterocycles. The Hall–Kier alpha value is -1.06. The lowest BCUT2D eigenvalue weighted by Crippen LogP contribution is -2.38. The summed E-state index contributed by atoms with van der Waals surface area (Å²) in [6.45, 7) is 2.48. The van der Waals surface area contributed by atoms with Crippen LogP contribution in [0.15, 0.2) is 24.3 Å². The highest BCUT2D eigenvalue weighted by molar-refractivity contribution is 5.28. The molecule has 2 rings (SSSR count). The Balaban J connectivity index is 1.65. The van der Waals surface area contributed by atoms with Crippen molar-refractivity contribution in [1.29, 1.82) is 0 Å². The van der Waals surface area contributed by atoms with Crippen LogP contribution in [0.5, 0.6) is 5.75 Å². The predicted octanol–water partition coefficient (Wildman–Crippen LogP) is 2.40. The number of hydrogen-bond donors (Lipinski definition) is 1. The third-order valence-electron chi connectivity index (χ3n) is 3.76. The van der Waals surface area contributed by atoms with Crippen molar-refractivity contribution in [3.63, 3.8) is 0 Å². The molecule has 1 fully saturated rings. The van der Waals surface area contributed by atoms with Gasteiger partial charge in [-0.1, -0.05) is 18.6 Å². The summed E-state index contributed by atoms with van der Waals surface area (Å²) in [5.74, 6) is 0.934. The third kappa shape index (κ3) is 3.72. The van der Waals surface area contributed by atoms with E-state index in [-0.39, 0.29) is 0 Å². The molecule has 0 heterocycles. The lowest BCUT2D eigenvalue weighted by atomic mass is 9.92. The average molecular weight is 248 g/mol. The van der Waals surface area contributed by atoms with Crippen LogP contribution in [0.4, 0.5) is 0 Å². The molecule has 2 N–H and O–H groups in total. The Morgan fingerprint density at radius 1 is 1.39 bits per heavy atom. The van der Waals surface area contributed by atoms with E-state index < -0.39 is 0 Å². The van der Waals surface area contributed by atoms with Gasteiger partial charge in [-0.15, -0.1) is 0 Å². The Bertz CT molecular complexity index is 363. The molecule has 1 aromatic carbocycles. The fraction of sp³-hybridized carbons (Fsp3) is 0.600. The zero-order valence-corrected chi connectivity index (χ0v) is 11.3. The second kappa shape index (κ2) is 6.76. The maximum atomic E-state index is 5.75. The molecule has 3 nitrogen and oxygen atoms in total. The van der Waals surface area contributed by atoms with E-state index in [4.69, 9.17) is 10.5 Å². The van der Waals surface area contributed by atoms with E-state index in [0.717, 1.165) is 36.9 Å². The minimum atomic E-state index is 0.571. The smallest absolute Gasteiger partial charge is 0.119 e. The van der Waals surface area contributed by atoms with E-state index in [1.54, 1.807) is 0 Å². The first-order chi connectivity index (χ1) is 8.79. The van der Waals surface area contributed by atoms with Crippen LogP contribution in [-0.4, -0.2) is 31.1 Å². The van der Waals surface area contributed by atoms with Gasteiger partial charge in [-0.2, -0.15) is 0 Å². The summed E-state index contributed by atoms with van der Waals surface area (Å²) in [7, 11) is 2.22. The lowest BCUT2D eigenvalue weighted by Gasteiger charge is -2.34. The number of nitrogens with two attached hydrogens (primary N) is 1. The van der Waals surface area contributed by atoms with Gasteiger partial charge in [0.15, 0.2) is 0 Å². The highest BCUT2D eigenvalue weighted by atomic mass is 16.5. The van der Waals surface area contributed by atoms with Crippen LogP contribution in [0.3, 0.4) is 0 Å². The molecule has 0 radical (unpaired) electrons. The van der Waals surface area contributed by atoms with Gasteiger partial charge in [0, 0.05) is 19.1 Å². The Kier molecular flexibility index (Phi) is 5.02. The summed E-state index contributed by atoms with van der Waals surface area (Å²) in [6.07, 6.45) is 5.23. The molecular weight excluding hydrogens is 224 g/mol. The normalized spacial score (nSPS) is 15.7. The Labute approximate surface area is 110 Å². The summed E-state index contributed by atoms with van der Waals surface area (Å²) in [4.78, 5) is 2.46. The zero-order chi connectivity index (χ0) is 12.8. The van der Waals surface area contributed by atoms with Crippen molar-refractivity contribution in [2.24, 2.45) is 5.73 Å². The molecule has 1 saturated carbocycles. The second-order valence-corrected chi connectivity index (χ2v) is 5.12. The number of nitrogens with zero attached hydrogens (tertiary/aromatic N) is 1. The largest absolute Gasteiger partial charge is 0.494 e. The monoisotopic (exact) mass is 248 g/mol. The van der Waals surface area contributed by atoms with Gasteiger partial charge in [-0.3, -0.25) is 0 Å². The van der Waals surface area contributed by atoms with E-state index in [0.29, 0.717) is 6.54 Å². The Morgan fingerprint density at radius 2 is 2.22 bits per heavy atom. The third-order valence-corrected chi connectivity index (χ3v) is 3.76. The zero-order valence-electron chi connectivity index (χ0n) is 11.3. The molecule has 18 heavy (non-hydrogen) atoms. The summed E-state index contributed by atoms with van der Waals surface area (Å²) >= 11 is 0. The second-order valence-electron chi connectivity index (χ2n) is 5.12. The number of benzene rings is 1. The Morgan fingerprint density at radius 3 is 2.89 bits per heavy atom. The standard InChI is InChI=1S/C15H24N2O/c1-17(14-6-3-7-14)9-4-10-18-15-8-2-5-13(11-15)12-16/h2,5,8,11,14H,3-4,6-7,9-10,12,16H2,1H3. The minimum Gasteiger partial charge on any atom is -0.494 e. The van der Waals surface area contributed by atoms with Crippen LogP contribution in [-0.2, 0) is 6.54 Å². The van der Waals surface area contributed by atoms with Crippen molar-refractivity contribution in [2.75, 3.05) is 20.2 Å². The predicted molar refractivity (Wildman–Crippen MR) is 74.7 cm³/mol. The van der Waals surface area contributed by atoms with Crippen LogP contribution in [0, 0.1) is 0 Å². The maximum absolute atomic E-state index is 5.75. The molecular formula is C15H24N2O. The van der Waals surface area contributed by atoms with Crippen molar-refractivity contribution >= 4 is 0 Å². The molecule has 0 aromatic heterocycles. The van der Waals surface area contributed by atoms with Crippen molar-refractivity contribution in [2.45, 2.75) is 38.3 Å². The fourth-order valence-electron chi connectivity index (χ4n) is 2.28. The molecule has 0 spiro atoms. The summed E-state index contributed by atoms with van der Waals surface area (Å²) < 4.78 is 5.75. The van der Waals surface area contributed by atoms with Crippen molar-refractivity contribution in [3.05, 3.63) is 29.8 Å². The number of hydrogen-bond acceptors (Lipinski definition) is 3. The van der Waals surface area contributed by atoms with Gasteiger partial charge >= 0.3 is 0 Å². The topological polar surface area (TPSA) is 38.5 Å². The van der Waals surface area contributed by atoms with Gasteiger partial charge in [0.25, 0.3) is 0 Å². The number of rotatable bonds is 7. The molecule has 1 aliphatic rings. The molecule has 3 heteroatoms. The highest BCUT2D eigenvalue weighted by Gasteiger charge is 2.21. The first kappa shape index (κ1) is 13.4. The quantitative estimate of drug-likeness (QED) is 0.753. The van der Waals surface area contributed by atoms with Crippen LogP contribution < -0.4 is 10.5 Å². The molecule has 0 atom stereocenters. The van der Waals surface area contributed by atoms with Gasteiger partial charge in [0.2, 0.25) is 0 Å². The van der Waals surface area contributed by atoms with Crippen LogP contribution >= 0.6 is 0 Å².